The molecular formula is C18H25N3O3S. The third-order valence-corrected chi connectivity index (χ3v) is 5.60. The van der Waals surface area contributed by atoms with Crippen LogP contribution in [0, 0.1) is 6.92 Å². The first-order chi connectivity index (χ1) is 12.1. The number of thioether (sulfide) groups is 1. The number of nitrogens with zero attached hydrogens (tertiary/aromatic N) is 2. The number of piperazine rings is 1. The van der Waals surface area contributed by atoms with Gasteiger partial charge in [-0.15, -0.1) is 11.8 Å². The Labute approximate surface area is 152 Å². The second-order valence-corrected chi connectivity index (χ2v) is 7.48. The fraction of sp³-hybridized carbons (Fsp3) is 0.556. The van der Waals surface area contributed by atoms with E-state index in [9.17, 15) is 9.59 Å². The standard InChI is InChI=1S/C18H25N3O3S/c1-13-5-3-4-6-16(13)24-14(2)17(22)20-7-9-21(10-8-20)18(23)15-11-25-12-19-15/h3-6,14-15,19H,7-12H2,1-2H3. The van der Waals surface area contributed by atoms with Crippen molar-refractivity contribution < 1.29 is 14.3 Å². The minimum Gasteiger partial charge on any atom is -0.481 e. The lowest BCUT2D eigenvalue weighted by Crippen LogP contribution is -2.56. The van der Waals surface area contributed by atoms with Gasteiger partial charge < -0.3 is 14.5 Å². The molecule has 3 rings (SSSR count). The number of para-hydroxylation sites is 1. The van der Waals surface area contributed by atoms with Gasteiger partial charge in [-0.3, -0.25) is 14.9 Å². The molecule has 2 amide bonds. The van der Waals surface area contributed by atoms with Crippen molar-refractivity contribution in [2.24, 2.45) is 0 Å². The Hall–Kier alpha value is -1.73. The molecule has 0 bridgehead atoms. The fourth-order valence-corrected chi connectivity index (χ4v) is 4.04. The summed E-state index contributed by atoms with van der Waals surface area (Å²) < 4.78 is 5.83. The van der Waals surface area contributed by atoms with E-state index >= 15 is 0 Å². The molecule has 1 aromatic carbocycles. The summed E-state index contributed by atoms with van der Waals surface area (Å²) in [4.78, 5) is 28.7. The van der Waals surface area contributed by atoms with Crippen LogP contribution in [0.1, 0.15) is 12.5 Å². The Balaban J connectivity index is 1.51. The van der Waals surface area contributed by atoms with Crippen LogP contribution in [0.2, 0.25) is 0 Å². The van der Waals surface area contributed by atoms with Crippen molar-refractivity contribution in [3.05, 3.63) is 29.8 Å². The summed E-state index contributed by atoms with van der Waals surface area (Å²) in [6, 6.07) is 7.62. The normalized spacial score (nSPS) is 21.9. The highest BCUT2D eigenvalue weighted by Gasteiger charge is 2.32. The highest BCUT2D eigenvalue weighted by atomic mass is 32.2. The SMILES string of the molecule is Cc1ccccc1OC(C)C(=O)N1CCN(C(=O)C2CSCN2)CC1. The number of aryl methyl sites for hydroxylation is 1. The fourth-order valence-electron chi connectivity index (χ4n) is 3.11. The number of ether oxygens (including phenoxy) is 1. The van der Waals surface area contributed by atoms with Crippen LogP contribution in [0.15, 0.2) is 24.3 Å². The van der Waals surface area contributed by atoms with E-state index in [1.165, 1.54) is 0 Å². The highest BCUT2D eigenvalue weighted by molar-refractivity contribution is 7.99. The lowest BCUT2D eigenvalue weighted by molar-refractivity contribution is -0.144. The van der Waals surface area contributed by atoms with Gasteiger partial charge in [0.2, 0.25) is 5.91 Å². The van der Waals surface area contributed by atoms with E-state index < -0.39 is 6.10 Å². The molecule has 2 unspecified atom stereocenters. The number of carbonyl (C=O) groups is 2. The number of nitrogens with one attached hydrogen (secondary N) is 1. The van der Waals surface area contributed by atoms with E-state index in [0.717, 1.165) is 22.9 Å². The van der Waals surface area contributed by atoms with Gasteiger partial charge in [-0.25, -0.2) is 0 Å². The molecule has 0 saturated carbocycles. The van der Waals surface area contributed by atoms with Crippen LogP contribution in [-0.2, 0) is 9.59 Å². The first-order valence-corrected chi connectivity index (χ1v) is 9.82. The monoisotopic (exact) mass is 363 g/mol. The molecule has 0 aromatic heterocycles. The Kier molecular flexibility index (Phi) is 5.86. The Morgan fingerprint density at radius 1 is 1.20 bits per heavy atom. The van der Waals surface area contributed by atoms with E-state index in [4.69, 9.17) is 4.74 Å². The quantitative estimate of drug-likeness (QED) is 0.868. The molecule has 25 heavy (non-hydrogen) atoms. The Morgan fingerprint density at radius 3 is 2.52 bits per heavy atom. The number of rotatable bonds is 4. The van der Waals surface area contributed by atoms with Gasteiger partial charge in [0.1, 0.15) is 5.75 Å². The van der Waals surface area contributed by atoms with Crippen LogP contribution in [-0.4, -0.2) is 71.6 Å². The maximum Gasteiger partial charge on any atom is 0.263 e. The molecule has 1 N–H and O–H groups in total. The lowest BCUT2D eigenvalue weighted by atomic mass is 10.2. The smallest absolute Gasteiger partial charge is 0.263 e. The van der Waals surface area contributed by atoms with Crippen LogP contribution in [0.25, 0.3) is 0 Å². The van der Waals surface area contributed by atoms with E-state index in [0.29, 0.717) is 26.2 Å². The molecule has 2 fully saturated rings. The summed E-state index contributed by atoms with van der Waals surface area (Å²) >= 11 is 1.75. The third-order valence-electron chi connectivity index (χ3n) is 4.66. The summed E-state index contributed by atoms with van der Waals surface area (Å²) in [6.07, 6.45) is -0.531. The summed E-state index contributed by atoms with van der Waals surface area (Å²) in [6.45, 7) is 6.05. The van der Waals surface area contributed by atoms with Crippen LogP contribution < -0.4 is 10.1 Å². The van der Waals surface area contributed by atoms with Crippen LogP contribution >= 0.6 is 11.8 Å². The van der Waals surface area contributed by atoms with Crippen molar-refractivity contribution in [2.45, 2.75) is 26.0 Å². The zero-order chi connectivity index (χ0) is 17.8. The number of carbonyl (C=O) groups excluding carboxylic acids is 2. The predicted octanol–water partition coefficient (Wildman–Crippen LogP) is 1.10. The van der Waals surface area contributed by atoms with Gasteiger partial charge in [-0.1, -0.05) is 18.2 Å². The molecular weight excluding hydrogens is 338 g/mol. The summed E-state index contributed by atoms with van der Waals surface area (Å²) in [7, 11) is 0. The molecule has 6 nitrogen and oxygen atoms in total. The van der Waals surface area contributed by atoms with Crippen molar-refractivity contribution in [2.75, 3.05) is 37.8 Å². The number of hydrogen-bond acceptors (Lipinski definition) is 5. The number of hydrogen-bond donors (Lipinski definition) is 1. The molecule has 2 heterocycles. The van der Waals surface area contributed by atoms with E-state index in [-0.39, 0.29) is 17.9 Å². The van der Waals surface area contributed by atoms with Crippen molar-refractivity contribution in [1.29, 1.82) is 0 Å². The van der Waals surface area contributed by atoms with Gasteiger partial charge >= 0.3 is 0 Å². The number of amides is 2. The Bertz CT molecular complexity index is 626. The second-order valence-electron chi connectivity index (χ2n) is 6.45. The Morgan fingerprint density at radius 2 is 1.88 bits per heavy atom. The molecule has 0 radical (unpaired) electrons. The molecule has 2 aliphatic rings. The number of benzene rings is 1. The average molecular weight is 363 g/mol. The van der Waals surface area contributed by atoms with Gasteiger partial charge in [0.25, 0.3) is 5.91 Å². The second kappa shape index (κ2) is 8.10. The van der Waals surface area contributed by atoms with Gasteiger partial charge in [-0.2, -0.15) is 0 Å². The zero-order valence-corrected chi connectivity index (χ0v) is 15.6. The molecule has 0 spiro atoms. The van der Waals surface area contributed by atoms with Crippen molar-refractivity contribution >= 4 is 23.6 Å². The molecule has 136 valence electrons. The van der Waals surface area contributed by atoms with E-state index in [1.54, 1.807) is 23.6 Å². The van der Waals surface area contributed by atoms with Crippen molar-refractivity contribution in [3.63, 3.8) is 0 Å². The maximum absolute atomic E-state index is 12.6. The first kappa shape index (κ1) is 18.1. The minimum atomic E-state index is -0.531. The lowest BCUT2D eigenvalue weighted by Gasteiger charge is -2.36. The zero-order valence-electron chi connectivity index (χ0n) is 14.7. The topological polar surface area (TPSA) is 61.9 Å². The molecule has 2 saturated heterocycles. The van der Waals surface area contributed by atoms with E-state index in [1.807, 2.05) is 36.1 Å². The van der Waals surface area contributed by atoms with Crippen molar-refractivity contribution in [1.82, 2.24) is 15.1 Å². The van der Waals surface area contributed by atoms with E-state index in [2.05, 4.69) is 5.32 Å². The first-order valence-electron chi connectivity index (χ1n) is 8.67. The molecule has 2 aliphatic heterocycles. The summed E-state index contributed by atoms with van der Waals surface area (Å²) in [5.41, 5.74) is 1.01. The van der Waals surface area contributed by atoms with Gasteiger partial charge in [0.15, 0.2) is 6.10 Å². The molecule has 1 aromatic rings. The van der Waals surface area contributed by atoms with Gasteiger partial charge in [-0.05, 0) is 25.5 Å². The van der Waals surface area contributed by atoms with Gasteiger partial charge in [0.05, 0.1) is 6.04 Å². The summed E-state index contributed by atoms with van der Waals surface area (Å²) in [5, 5.41) is 3.21. The molecule has 7 heteroatoms. The van der Waals surface area contributed by atoms with Gasteiger partial charge in [0, 0.05) is 37.8 Å². The van der Waals surface area contributed by atoms with Crippen LogP contribution in [0.3, 0.4) is 0 Å². The largest absolute Gasteiger partial charge is 0.481 e. The summed E-state index contributed by atoms with van der Waals surface area (Å²) in [5.74, 6) is 2.54. The van der Waals surface area contributed by atoms with Crippen molar-refractivity contribution in [3.8, 4) is 5.75 Å². The predicted molar refractivity (Wildman–Crippen MR) is 98.7 cm³/mol. The molecule has 0 aliphatic carbocycles. The minimum absolute atomic E-state index is 0.0232. The average Bonchev–Trinajstić information content (AvgIpc) is 3.17. The van der Waals surface area contributed by atoms with Crippen LogP contribution in [0.5, 0.6) is 5.75 Å². The molecule has 2 atom stereocenters. The maximum atomic E-state index is 12.6. The third kappa shape index (κ3) is 4.27. The highest BCUT2D eigenvalue weighted by Crippen LogP contribution is 2.19. The van der Waals surface area contributed by atoms with Crippen LogP contribution in [0.4, 0.5) is 0 Å².